The Balaban J connectivity index is 1.93. The summed E-state index contributed by atoms with van der Waals surface area (Å²) in [4.78, 5) is 13.0. The summed E-state index contributed by atoms with van der Waals surface area (Å²) in [6.07, 6.45) is 0.0487. The normalized spacial score (nSPS) is 35.4. The van der Waals surface area contributed by atoms with Gasteiger partial charge in [-0.2, -0.15) is 0 Å². The van der Waals surface area contributed by atoms with Crippen LogP contribution in [0.5, 0.6) is 0 Å². The maximum Gasteiger partial charge on any atom is 0.412 e. The van der Waals surface area contributed by atoms with Gasteiger partial charge in [0.05, 0.1) is 0 Å². The Labute approximate surface area is 83.8 Å². The molecule has 4 heteroatoms. The van der Waals surface area contributed by atoms with Gasteiger partial charge in [0, 0.05) is 12.5 Å². The second kappa shape index (κ2) is 2.86. The molecule has 2 fully saturated rings. The number of fused-ring (bicyclic) bond motifs is 1. The van der Waals surface area contributed by atoms with Gasteiger partial charge in [0.15, 0.2) is 0 Å². The number of amides is 1. The van der Waals surface area contributed by atoms with E-state index in [9.17, 15) is 9.90 Å². The number of nitrogens with zero attached hydrogens (tertiary/aromatic N) is 1. The highest BCUT2D eigenvalue weighted by atomic mass is 16.6. The summed E-state index contributed by atoms with van der Waals surface area (Å²) < 4.78 is 5.19. The second-order valence-electron chi connectivity index (χ2n) is 5.21. The van der Waals surface area contributed by atoms with Crippen molar-refractivity contribution in [1.82, 2.24) is 4.90 Å². The highest BCUT2D eigenvalue weighted by Gasteiger charge is 2.54. The number of piperidine rings is 1. The predicted octanol–water partition coefficient (Wildman–Crippen LogP) is 1.19. The molecule has 1 aliphatic heterocycles. The van der Waals surface area contributed by atoms with Gasteiger partial charge in [-0.15, -0.1) is 0 Å². The van der Waals surface area contributed by atoms with E-state index in [1.165, 1.54) is 4.90 Å². The van der Waals surface area contributed by atoms with Crippen molar-refractivity contribution >= 4 is 6.09 Å². The lowest BCUT2D eigenvalue weighted by molar-refractivity contribution is -0.0233. The number of likely N-dealkylation sites (tertiary alicyclic amines) is 1. The fraction of sp³-hybridized carbons (Fsp3) is 0.900. The van der Waals surface area contributed by atoms with Gasteiger partial charge < -0.3 is 9.84 Å². The lowest BCUT2D eigenvalue weighted by atomic mass is 10.2. The highest BCUT2D eigenvalue weighted by molar-refractivity contribution is 5.69. The molecular weight excluding hydrogens is 182 g/mol. The molecule has 1 amide bonds. The van der Waals surface area contributed by atoms with Crippen LogP contribution >= 0.6 is 0 Å². The van der Waals surface area contributed by atoms with Crippen LogP contribution in [0.15, 0.2) is 0 Å². The van der Waals surface area contributed by atoms with Crippen LogP contribution in [0.2, 0.25) is 0 Å². The first kappa shape index (κ1) is 9.77. The summed E-state index contributed by atoms with van der Waals surface area (Å²) in [7, 11) is 0. The van der Waals surface area contributed by atoms with Crippen LogP contribution in [-0.4, -0.2) is 34.5 Å². The Kier molecular flexibility index (Phi) is 2.00. The molecule has 1 N–H and O–H groups in total. The van der Waals surface area contributed by atoms with Crippen molar-refractivity contribution in [1.29, 1.82) is 0 Å². The van der Waals surface area contributed by atoms with E-state index in [1.807, 2.05) is 20.8 Å². The van der Waals surface area contributed by atoms with E-state index in [4.69, 9.17) is 4.74 Å². The summed E-state index contributed by atoms with van der Waals surface area (Å²) in [5.74, 6) is 0.819. The van der Waals surface area contributed by atoms with Crippen LogP contribution < -0.4 is 0 Å². The predicted molar refractivity (Wildman–Crippen MR) is 50.5 cm³/mol. The fourth-order valence-electron chi connectivity index (χ4n) is 1.94. The largest absolute Gasteiger partial charge is 0.444 e. The Morgan fingerprint density at radius 2 is 2.14 bits per heavy atom. The number of hydrogen-bond acceptors (Lipinski definition) is 3. The Hall–Kier alpha value is -0.770. The number of ether oxygens (including phenoxy) is 1. The van der Waals surface area contributed by atoms with E-state index in [0.717, 1.165) is 6.42 Å². The van der Waals surface area contributed by atoms with E-state index in [2.05, 4.69) is 0 Å². The molecule has 0 aromatic carbocycles. The van der Waals surface area contributed by atoms with Gasteiger partial charge in [-0.1, -0.05) is 0 Å². The molecular formula is C10H17NO3. The SMILES string of the molecule is CC(C)(C)OC(=O)N1CC2CC2C1O. The molecule has 1 heterocycles. The van der Waals surface area contributed by atoms with E-state index < -0.39 is 17.9 Å². The minimum atomic E-state index is -0.616. The number of carbonyl (C=O) groups excluding carboxylic acids is 1. The number of hydrogen-bond donors (Lipinski definition) is 1. The number of aliphatic hydroxyl groups is 1. The molecule has 1 saturated carbocycles. The first-order chi connectivity index (χ1) is 6.38. The Bertz CT molecular complexity index is 259. The molecule has 2 aliphatic rings. The lowest BCUT2D eigenvalue weighted by Gasteiger charge is -2.27. The minimum absolute atomic E-state index is 0.308. The molecule has 0 aromatic rings. The molecule has 0 radical (unpaired) electrons. The van der Waals surface area contributed by atoms with Crippen molar-refractivity contribution in [3.63, 3.8) is 0 Å². The number of carbonyl (C=O) groups is 1. The zero-order valence-corrected chi connectivity index (χ0v) is 8.86. The average Bonchev–Trinajstić information content (AvgIpc) is 2.68. The molecule has 2 rings (SSSR count). The third-order valence-electron chi connectivity index (χ3n) is 2.74. The summed E-state index contributed by atoms with van der Waals surface area (Å²) >= 11 is 0. The van der Waals surface area contributed by atoms with Crippen molar-refractivity contribution in [3.05, 3.63) is 0 Å². The van der Waals surface area contributed by atoms with Crippen molar-refractivity contribution in [2.45, 2.75) is 39.0 Å². The van der Waals surface area contributed by atoms with Crippen LogP contribution in [0, 0.1) is 11.8 Å². The van der Waals surface area contributed by atoms with Gasteiger partial charge in [-0.3, -0.25) is 4.90 Å². The zero-order chi connectivity index (χ0) is 10.5. The van der Waals surface area contributed by atoms with E-state index in [1.54, 1.807) is 0 Å². The smallest absolute Gasteiger partial charge is 0.412 e. The first-order valence-electron chi connectivity index (χ1n) is 5.06. The Morgan fingerprint density at radius 3 is 2.57 bits per heavy atom. The molecule has 14 heavy (non-hydrogen) atoms. The Morgan fingerprint density at radius 1 is 1.50 bits per heavy atom. The topological polar surface area (TPSA) is 49.8 Å². The number of rotatable bonds is 0. The molecule has 0 aromatic heterocycles. The van der Waals surface area contributed by atoms with Gasteiger partial charge in [0.1, 0.15) is 11.8 Å². The van der Waals surface area contributed by atoms with Crippen molar-refractivity contribution in [3.8, 4) is 0 Å². The maximum absolute atomic E-state index is 11.6. The third-order valence-corrected chi connectivity index (χ3v) is 2.74. The van der Waals surface area contributed by atoms with Gasteiger partial charge in [-0.25, -0.2) is 4.79 Å². The molecule has 80 valence electrons. The minimum Gasteiger partial charge on any atom is -0.444 e. The quantitative estimate of drug-likeness (QED) is 0.637. The van der Waals surface area contributed by atoms with E-state index in [0.29, 0.717) is 18.4 Å². The van der Waals surface area contributed by atoms with Crippen molar-refractivity contribution < 1.29 is 14.6 Å². The molecule has 3 atom stereocenters. The van der Waals surface area contributed by atoms with Crippen LogP contribution in [0.1, 0.15) is 27.2 Å². The zero-order valence-electron chi connectivity index (χ0n) is 8.86. The van der Waals surface area contributed by atoms with Crippen LogP contribution in [0.25, 0.3) is 0 Å². The van der Waals surface area contributed by atoms with Gasteiger partial charge >= 0.3 is 6.09 Å². The van der Waals surface area contributed by atoms with Crippen molar-refractivity contribution in [2.24, 2.45) is 11.8 Å². The monoisotopic (exact) mass is 199 g/mol. The second-order valence-corrected chi connectivity index (χ2v) is 5.21. The third kappa shape index (κ3) is 1.71. The summed E-state index contributed by atoms with van der Waals surface area (Å²) in [6.45, 7) is 6.14. The first-order valence-corrected chi connectivity index (χ1v) is 5.06. The van der Waals surface area contributed by atoms with Crippen LogP contribution in [0.3, 0.4) is 0 Å². The molecule has 0 spiro atoms. The van der Waals surface area contributed by atoms with E-state index >= 15 is 0 Å². The van der Waals surface area contributed by atoms with Crippen LogP contribution in [-0.2, 0) is 4.74 Å². The molecule has 4 nitrogen and oxygen atoms in total. The van der Waals surface area contributed by atoms with Gasteiger partial charge in [-0.05, 0) is 33.1 Å². The molecule has 3 unspecified atom stereocenters. The maximum atomic E-state index is 11.6. The van der Waals surface area contributed by atoms with E-state index in [-0.39, 0.29) is 0 Å². The van der Waals surface area contributed by atoms with Gasteiger partial charge in [0.25, 0.3) is 0 Å². The number of aliphatic hydroxyl groups excluding tert-OH is 1. The summed E-state index contributed by atoms with van der Waals surface area (Å²) in [5.41, 5.74) is -0.483. The average molecular weight is 199 g/mol. The molecule has 0 bridgehead atoms. The van der Waals surface area contributed by atoms with Gasteiger partial charge in [0.2, 0.25) is 0 Å². The summed E-state index contributed by atoms with van der Waals surface area (Å²) in [5, 5.41) is 9.69. The molecule has 1 aliphatic carbocycles. The highest BCUT2D eigenvalue weighted by Crippen LogP contribution is 2.48. The van der Waals surface area contributed by atoms with Crippen molar-refractivity contribution in [2.75, 3.05) is 6.54 Å². The molecule has 1 saturated heterocycles. The standard InChI is InChI=1S/C10H17NO3/c1-10(2,3)14-9(13)11-5-6-4-7(6)8(11)12/h6-8,12H,4-5H2,1-3H3. The summed E-state index contributed by atoms with van der Waals surface area (Å²) in [6, 6.07) is 0. The lowest BCUT2D eigenvalue weighted by Crippen LogP contribution is -2.41. The van der Waals surface area contributed by atoms with Crippen LogP contribution in [0.4, 0.5) is 4.79 Å². The fourth-order valence-corrected chi connectivity index (χ4v) is 1.94.